The number of hydrogen-bond donors (Lipinski definition) is 2. The fraction of sp³-hybridized carbons (Fsp3) is 0.0769. The molecule has 0 saturated heterocycles. The quantitative estimate of drug-likeness (QED) is 0.851. The highest BCUT2D eigenvalue weighted by Gasteiger charge is 2.20. The molecule has 2 aromatic rings. The van der Waals surface area contributed by atoms with Gasteiger partial charge in [-0.3, -0.25) is 4.72 Å². The van der Waals surface area contributed by atoms with Gasteiger partial charge in [0.15, 0.2) is 0 Å². The summed E-state index contributed by atoms with van der Waals surface area (Å²) in [7, 11) is -2.42. The predicted molar refractivity (Wildman–Crippen MR) is 79.7 cm³/mol. The molecule has 0 aliphatic rings. The van der Waals surface area contributed by atoms with Gasteiger partial charge in [-0.05, 0) is 36.4 Å². The summed E-state index contributed by atoms with van der Waals surface area (Å²) in [6.45, 7) is 0. The number of nitrogen functional groups attached to an aromatic ring is 1. The third-order valence-electron chi connectivity index (χ3n) is 2.55. The van der Waals surface area contributed by atoms with Gasteiger partial charge in [0.2, 0.25) is 0 Å². The monoisotopic (exact) mass is 312 g/mol. The van der Waals surface area contributed by atoms with Gasteiger partial charge in [0.05, 0.1) is 12.8 Å². The lowest BCUT2D eigenvalue weighted by Gasteiger charge is -2.12. The van der Waals surface area contributed by atoms with E-state index in [4.69, 9.17) is 22.1 Å². The van der Waals surface area contributed by atoms with Crippen molar-refractivity contribution < 1.29 is 13.2 Å². The van der Waals surface area contributed by atoms with Crippen LogP contribution in [0, 0.1) is 0 Å². The number of nitrogens with one attached hydrogen (secondary N) is 1. The average Bonchev–Trinajstić information content (AvgIpc) is 2.38. The molecule has 0 radical (unpaired) electrons. The number of anilines is 2. The van der Waals surface area contributed by atoms with E-state index in [1.807, 2.05) is 0 Å². The summed E-state index contributed by atoms with van der Waals surface area (Å²) >= 11 is 5.84. The SMILES string of the molecule is COc1ccc(Cl)cc1S(=O)(=O)Nc1cccc(N)c1. The molecule has 106 valence electrons. The summed E-state index contributed by atoms with van der Waals surface area (Å²) in [5, 5.41) is 0.304. The molecule has 0 aliphatic carbocycles. The lowest BCUT2D eigenvalue weighted by atomic mass is 10.3. The van der Waals surface area contributed by atoms with Crippen LogP contribution in [0.4, 0.5) is 11.4 Å². The summed E-state index contributed by atoms with van der Waals surface area (Å²) in [5.74, 6) is 0.214. The van der Waals surface area contributed by atoms with E-state index in [1.54, 1.807) is 24.3 Å². The second kappa shape index (κ2) is 5.60. The van der Waals surface area contributed by atoms with Gasteiger partial charge in [0, 0.05) is 10.7 Å². The van der Waals surface area contributed by atoms with Crippen molar-refractivity contribution in [1.82, 2.24) is 0 Å². The Hall–Kier alpha value is -1.92. The Kier molecular flexibility index (Phi) is 4.06. The van der Waals surface area contributed by atoms with Crippen LogP contribution in [0.5, 0.6) is 5.75 Å². The van der Waals surface area contributed by atoms with Crippen molar-refractivity contribution in [2.75, 3.05) is 17.6 Å². The molecule has 0 amide bonds. The van der Waals surface area contributed by atoms with Gasteiger partial charge in [-0.15, -0.1) is 0 Å². The topological polar surface area (TPSA) is 81.4 Å². The van der Waals surface area contributed by atoms with Crippen molar-refractivity contribution in [3.8, 4) is 5.75 Å². The second-order valence-corrected chi connectivity index (χ2v) is 6.11. The largest absolute Gasteiger partial charge is 0.495 e. The van der Waals surface area contributed by atoms with Gasteiger partial charge >= 0.3 is 0 Å². The van der Waals surface area contributed by atoms with Crippen LogP contribution in [0.25, 0.3) is 0 Å². The number of rotatable bonds is 4. The number of nitrogens with two attached hydrogens (primary N) is 1. The molecule has 0 aliphatic heterocycles. The van der Waals surface area contributed by atoms with E-state index in [2.05, 4.69) is 4.72 Å². The summed E-state index contributed by atoms with van der Waals surface area (Å²) < 4.78 is 32.2. The minimum absolute atomic E-state index is 0.0325. The Labute approximate surface area is 122 Å². The molecule has 0 heterocycles. The van der Waals surface area contributed by atoms with E-state index in [1.165, 1.54) is 25.3 Å². The molecule has 20 heavy (non-hydrogen) atoms. The first-order valence-electron chi connectivity index (χ1n) is 5.64. The Morgan fingerprint density at radius 1 is 1.20 bits per heavy atom. The first-order valence-corrected chi connectivity index (χ1v) is 7.50. The van der Waals surface area contributed by atoms with E-state index in [0.717, 1.165) is 0 Å². The fourth-order valence-electron chi connectivity index (χ4n) is 1.67. The summed E-state index contributed by atoms with van der Waals surface area (Å²) in [6, 6.07) is 10.8. The lowest BCUT2D eigenvalue weighted by Crippen LogP contribution is -2.14. The molecule has 2 aromatic carbocycles. The molecule has 2 rings (SSSR count). The molecule has 5 nitrogen and oxygen atoms in total. The summed E-state index contributed by atoms with van der Waals surface area (Å²) in [5.41, 5.74) is 6.44. The first kappa shape index (κ1) is 14.5. The number of hydrogen-bond acceptors (Lipinski definition) is 4. The molecule has 0 atom stereocenters. The normalized spacial score (nSPS) is 11.1. The predicted octanol–water partition coefficient (Wildman–Crippen LogP) is 2.73. The van der Waals surface area contributed by atoms with Crippen molar-refractivity contribution in [1.29, 1.82) is 0 Å². The zero-order valence-electron chi connectivity index (χ0n) is 10.6. The van der Waals surface area contributed by atoms with Gasteiger partial charge in [-0.25, -0.2) is 8.42 Å². The van der Waals surface area contributed by atoms with Gasteiger partial charge in [-0.1, -0.05) is 17.7 Å². The number of ether oxygens (including phenoxy) is 1. The number of halogens is 1. The van der Waals surface area contributed by atoms with Crippen LogP contribution >= 0.6 is 11.6 Å². The van der Waals surface area contributed by atoms with Gasteiger partial charge in [0.25, 0.3) is 10.0 Å². The summed E-state index contributed by atoms with van der Waals surface area (Å²) in [6.07, 6.45) is 0. The number of sulfonamides is 1. The molecule has 0 unspecified atom stereocenters. The fourth-order valence-corrected chi connectivity index (χ4v) is 3.16. The van der Waals surface area contributed by atoms with E-state index >= 15 is 0 Å². The molecule has 3 N–H and O–H groups in total. The van der Waals surface area contributed by atoms with Crippen molar-refractivity contribution in [2.24, 2.45) is 0 Å². The molecule has 7 heteroatoms. The van der Waals surface area contributed by atoms with Gasteiger partial charge in [0.1, 0.15) is 10.6 Å². The highest BCUT2D eigenvalue weighted by atomic mass is 35.5. The number of methoxy groups -OCH3 is 1. The summed E-state index contributed by atoms with van der Waals surface area (Å²) in [4.78, 5) is -0.0325. The third kappa shape index (κ3) is 3.15. The molecular weight excluding hydrogens is 300 g/mol. The zero-order chi connectivity index (χ0) is 14.8. The van der Waals surface area contributed by atoms with Crippen molar-refractivity contribution in [3.05, 3.63) is 47.5 Å². The van der Waals surface area contributed by atoms with Crippen molar-refractivity contribution in [2.45, 2.75) is 4.90 Å². The molecule has 0 spiro atoms. The smallest absolute Gasteiger partial charge is 0.265 e. The van der Waals surface area contributed by atoms with Crippen LogP contribution in [-0.2, 0) is 10.0 Å². The molecule has 0 aromatic heterocycles. The van der Waals surface area contributed by atoms with Crippen LogP contribution in [0.3, 0.4) is 0 Å². The zero-order valence-corrected chi connectivity index (χ0v) is 12.2. The van der Waals surface area contributed by atoms with E-state index < -0.39 is 10.0 Å². The highest BCUT2D eigenvalue weighted by molar-refractivity contribution is 7.92. The molecule has 0 bridgehead atoms. The van der Waals surface area contributed by atoms with Gasteiger partial charge in [-0.2, -0.15) is 0 Å². The van der Waals surface area contributed by atoms with E-state index in [-0.39, 0.29) is 10.6 Å². The Bertz CT molecular complexity index is 732. The van der Waals surface area contributed by atoms with Crippen LogP contribution in [0.15, 0.2) is 47.4 Å². The van der Waals surface area contributed by atoms with Crippen LogP contribution in [0.1, 0.15) is 0 Å². The Morgan fingerprint density at radius 2 is 1.95 bits per heavy atom. The maximum Gasteiger partial charge on any atom is 0.265 e. The third-order valence-corrected chi connectivity index (χ3v) is 4.19. The van der Waals surface area contributed by atoms with E-state index in [0.29, 0.717) is 16.4 Å². The second-order valence-electron chi connectivity index (χ2n) is 4.03. The van der Waals surface area contributed by atoms with Crippen molar-refractivity contribution >= 4 is 33.0 Å². The minimum atomic E-state index is -3.81. The Morgan fingerprint density at radius 3 is 2.60 bits per heavy atom. The first-order chi connectivity index (χ1) is 9.42. The van der Waals surface area contributed by atoms with Gasteiger partial charge < -0.3 is 10.5 Å². The maximum atomic E-state index is 12.4. The van der Waals surface area contributed by atoms with Crippen LogP contribution in [0.2, 0.25) is 5.02 Å². The standard InChI is InChI=1S/C13H13ClN2O3S/c1-19-12-6-5-9(14)7-13(12)20(17,18)16-11-4-2-3-10(15)8-11/h2-8,16H,15H2,1H3. The van der Waals surface area contributed by atoms with E-state index in [9.17, 15) is 8.42 Å². The van der Waals surface area contributed by atoms with Crippen molar-refractivity contribution in [3.63, 3.8) is 0 Å². The minimum Gasteiger partial charge on any atom is -0.495 e. The van der Waals surface area contributed by atoms with Crippen LogP contribution < -0.4 is 15.2 Å². The highest BCUT2D eigenvalue weighted by Crippen LogP contribution is 2.28. The maximum absolute atomic E-state index is 12.4. The Balaban J connectivity index is 2.43. The molecular formula is C13H13ClN2O3S. The molecule has 0 fully saturated rings. The van der Waals surface area contributed by atoms with Crippen LogP contribution in [-0.4, -0.2) is 15.5 Å². The average molecular weight is 313 g/mol. The molecule has 0 saturated carbocycles. The number of benzene rings is 2. The lowest BCUT2D eigenvalue weighted by molar-refractivity contribution is 0.403.